The maximum atomic E-state index is 12.2. The highest BCUT2D eigenvalue weighted by atomic mass is 16.3. The number of aryl methyl sites for hydroxylation is 1. The minimum atomic E-state index is -0.438. The molecule has 1 amide bonds. The van der Waals surface area contributed by atoms with E-state index in [0.717, 1.165) is 23.4 Å². The molecule has 26 heavy (non-hydrogen) atoms. The van der Waals surface area contributed by atoms with Gasteiger partial charge in [-0.05, 0) is 25.3 Å². The van der Waals surface area contributed by atoms with Crippen LogP contribution in [0.15, 0.2) is 24.3 Å². The Morgan fingerprint density at radius 1 is 1.38 bits per heavy atom. The molecule has 0 spiro atoms. The van der Waals surface area contributed by atoms with Crippen molar-refractivity contribution in [2.75, 3.05) is 25.5 Å². The van der Waals surface area contributed by atoms with Gasteiger partial charge in [0.2, 0.25) is 11.9 Å². The van der Waals surface area contributed by atoms with Crippen molar-refractivity contribution >= 4 is 11.9 Å². The van der Waals surface area contributed by atoms with Gasteiger partial charge in [-0.3, -0.25) is 9.89 Å². The molecule has 2 aromatic rings. The van der Waals surface area contributed by atoms with Crippen LogP contribution in [0.3, 0.4) is 0 Å². The molecule has 0 bridgehead atoms. The lowest BCUT2D eigenvalue weighted by Gasteiger charge is -2.15. The Morgan fingerprint density at radius 2 is 2.19 bits per heavy atom. The predicted octanol–water partition coefficient (Wildman–Crippen LogP) is 1.39. The Bertz CT molecular complexity index is 758. The summed E-state index contributed by atoms with van der Waals surface area (Å²) in [5, 5.41) is 20.5. The van der Waals surface area contributed by atoms with Crippen LogP contribution in [0, 0.1) is 12.8 Å². The number of carbonyl (C=O) groups is 1. The van der Waals surface area contributed by atoms with Crippen molar-refractivity contribution < 1.29 is 9.90 Å². The average molecular weight is 357 g/mol. The Kier molecular flexibility index (Phi) is 5.56. The molecule has 3 N–H and O–H groups in total. The Labute approximate surface area is 153 Å². The van der Waals surface area contributed by atoms with Gasteiger partial charge in [-0.15, -0.1) is 5.10 Å². The number of H-pyrrole nitrogens is 1. The molecular formula is C19H27N5O2. The quantitative estimate of drug-likeness (QED) is 0.726. The summed E-state index contributed by atoms with van der Waals surface area (Å²) in [6.45, 7) is 2.50. The van der Waals surface area contributed by atoms with Gasteiger partial charge < -0.3 is 15.3 Å². The summed E-state index contributed by atoms with van der Waals surface area (Å²) in [6.07, 6.45) is 1.35. The van der Waals surface area contributed by atoms with E-state index in [9.17, 15) is 9.90 Å². The maximum absolute atomic E-state index is 12.2. The smallest absolute Gasteiger partial charge is 0.244 e. The van der Waals surface area contributed by atoms with Gasteiger partial charge >= 0.3 is 0 Å². The van der Waals surface area contributed by atoms with Gasteiger partial charge in [-0.25, -0.2) is 0 Å². The van der Waals surface area contributed by atoms with Gasteiger partial charge in [-0.1, -0.05) is 29.8 Å². The molecule has 1 fully saturated rings. The van der Waals surface area contributed by atoms with Gasteiger partial charge in [-0.2, -0.15) is 4.98 Å². The van der Waals surface area contributed by atoms with Gasteiger partial charge in [0, 0.05) is 32.5 Å². The second-order valence-corrected chi connectivity index (χ2v) is 7.38. The van der Waals surface area contributed by atoms with E-state index < -0.39 is 6.10 Å². The van der Waals surface area contributed by atoms with Crippen molar-refractivity contribution in [3.8, 4) is 0 Å². The van der Waals surface area contributed by atoms with Gasteiger partial charge in [0.15, 0.2) is 0 Å². The lowest BCUT2D eigenvalue weighted by atomic mass is 10.0. The number of hydrogen-bond donors (Lipinski definition) is 3. The Balaban J connectivity index is 1.51. The minimum Gasteiger partial charge on any atom is -0.393 e. The van der Waals surface area contributed by atoms with E-state index in [-0.39, 0.29) is 17.7 Å². The number of aliphatic hydroxyl groups is 1. The number of rotatable bonds is 6. The van der Waals surface area contributed by atoms with Crippen LogP contribution in [0.2, 0.25) is 0 Å². The fourth-order valence-electron chi connectivity index (χ4n) is 3.51. The molecule has 140 valence electrons. The number of hydrogen-bond acceptors (Lipinski definition) is 5. The number of carbonyl (C=O) groups excluding carboxylic acids is 1. The monoisotopic (exact) mass is 357 g/mol. The molecule has 0 radical (unpaired) electrons. The summed E-state index contributed by atoms with van der Waals surface area (Å²) < 4.78 is 0. The van der Waals surface area contributed by atoms with Crippen molar-refractivity contribution in [2.24, 2.45) is 5.92 Å². The van der Waals surface area contributed by atoms with Gasteiger partial charge in [0.1, 0.15) is 5.82 Å². The van der Waals surface area contributed by atoms with Gasteiger partial charge in [0.25, 0.3) is 0 Å². The molecule has 1 heterocycles. The first kappa shape index (κ1) is 18.4. The summed E-state index contributed by atoms with van der Waals surface area (Å²) in [6, 6.07) is 7.95. The summed E-state index contributed by atoms with van der Waals surface area (Å²) in [5.41, 5.74) is 2.15. The average Bonchev–Trinajstić information content (AvgIpc) is 3.20. The minimum absolute atomic E-state index is 0.0131. The van der Waals surface area contributed by atoms with Gasteiger partial charge in [0.05, 0.1) is 12.5 Å². The molecule has 7 nitrogen and oxygen atoms in total. The maximum Gasteiger partial charge on any atom is 0.244 e. The molecule has 0 unspecified atom stereocenters. The first-order valence-corrected chi connectivity index (χ1v) is 9.02. The topological polar surface area (TPSA) is 94.1 Å². The van der Waals surface area contributed by atoms with Crippen LogP contribution in [-0.2, 0) is 11.2 Å². The molecule has 0 saturated heterocycles. The summed E-state index contributed by atoms with van der Waals surface area (Å²) in [5.74, 6) is 1.62. The standard InChI is InChI=1S/C19H27N5O2/c1-12-5-4-6-13(7-12)8-17(26)20-11-15-9-14(10-16(15)25)18-21-19(23-22-18)24(2)3/h4-7,14-16,25H,8-11H2,1-3H3,(H,20,26)(H,21,22,23)/t14-,15+,16+/m0/s1. The van der Waals surface area contributed by atoms with Crippen LogP contribution in [0.4, 0.5) is 5.95 Å². The first-order valence-electron chi connectivity index (χ1n) is 9.02. The predicted molar refractivity (Wildman–Crippen MR) is 100 cm³/mol. The number of benzene rings is 1. The van der Waals surface area contributed by atoms with E-state index in [2.05, 4.69) is 20.5 Å². The molecule has 1 aromatic heterocycles. The van der Waals surface area contributed by atoms with E-state index in [1.54, 1.807) is 0 Å². The molecule has 7 heteroatoms. The molecule has 0 aliphatic heterocycles. The summed E-state index contributed by atoms with van der Waals surface area (Å²) in [7, 11) is 3.78. The van der Waals surface area contributed by atoms with Crippen LogP contribution in [0.5, 0.6) is 0 Å². The second kappa shape index (κ2) is 7.86. The molecule has 3 atom stereocenters. The van der Waals surface area contributed by atoms with Crippen molar-refractivity contribution in [1.29, 1.82) is 0 Å². The SMILES string of the molecule is Cc1cccc(CC(=O)NC[C@H]2C[C@H](c3nc(N(C)C)n[nH]3)C[C@H]2O)c1. The first-order chi connectivity index (χ1) is 12.4. The Morgan fingerprint density at radius 3 is 2.88 bits per heavy atom. The van der Waals surface area contributed by atoms with Crippen molar-refractivity contribution in [2.45, 2.75) is 38.2 Å². The molecule has 1 aromatic carbocycles. The van der Waals surface area contributed by atoms with E-state index >= 15 is 0 Å². The van der Waals surface area contributed by atoms with E-state index in [0.29, 0.717) is 25.3 Å². The fraction of sp³-hybridized carbons (Fsp3) is 0.526. The highest BCUT2D eigenvalue weighted by Gasteiger charge is 2.35. The summed E-state index contributed by atoms with van der Waals surface area (Å²) >= 11 is 0. The zero-order valence-electron chi connectivity index (χ0n) is 15.6. The third-order valence-electron chi connectivity index (χ3n) is 4.94. The lowest BCUT2D eigenvalue weighted by Crippen LogP contribution is -2.33. The van der Waals surface area contributed by atoms with Crippen LogP contribution in [0.1, 0.15) is 35.7 Å². The van der Waals surface area contributed by atoms with E-state index in [1.165, 1.54) is 0 Å². The second-order valence-electron chi connectivity index (χ2n) is 7.38. The normalized spacial score (nSPS) is 22.4. The number of amides is 1. The molecule has 1 aliphatic rings. The number of nitrogens with one attached hydrogen (secondary N) is 2. The fourth-order valence-corrected chi connectivity index (χ4v) is 3.51. The third-order valence-corrected chi connectivity index (χ3v) is 4.94. The van der Waals surface area contributed by atoms with Crippen molar-refractivity contribution in [3.05, 3.63) is 41.2 Å². The zero-order chi connectivity index (χ0) is 18.7. The van der Waals surface area contributed by atoms with E-state index in [1.807, 2.05) is 50.2 Å². The highest BCUT2D eigenvalue weighted by Crippen LogP contribution is 2.37. The number of aromatic nitrogens is 3. The lowest BCUT2D eigenvalue weighted by molar-refractivity contribution is -0.120. The Hall–Kier alpha value is -2.41. The number of anilines is 1. The molecular weight excluding hydrogens is 330 g/mol. The van der Waals surface area contributed by atoms with Crippen LogP contribution >= 0.6 is 0 Å². The largest absolute Gasteiger partial charge is 0.393 e. The van der Waals surface area contributed by atoms with Crippen LogP contribution < -0.4 is 10.2 Å². The number of aliphatic hydroxyl groups excluding tert-OH is 1. The summed E-state index contributed by atoms with van der Waals surface area (Å²) in [4.78, 5) is 18.5. The number of nitrogens with zero attached hydrogens (tertiary/aromatic N) is 3. The molecule has 1 saturated carbocycles. The number of aromatic amines is 1. The van der Waals surface area contributed by atoms with Crippen molar-refractivity contribution in [1.82, 2.24) is 20.5 Å². The molecule has 1 aliphatic carbocycles. The van der Waals surface area contributed by atoms with Crippen LogP contribution in [-0.4, -0.2) is 52.9 Å². The highest BCUT2D eigenvalue weighted by molar-refractivity contribution is 5.78. The molecule has 3 rings (SSSR count). The van der Waals surface area contributed by atoms with Crippen LogP contribution in [0.25, 0.3) is 0 Å². The van der Waals surface area contributed by atoms with E-state index in [4.69, 9.17) is 0 Å². The zero-order valence-corrected chi connectivity index (χ0v) is 15.6. The third kappa shape index (κ3) is 4.40. The van der Waals surface area contributed by atoms with Crippen molar-refractivity contribution in [3.63, 3.8) is 0 Å².